The molecule has 5 atom stereocenters. The molecule has 1 aromatic heterocycles. The lowest BCUT2D eigenvalue weighted by Crippen LogP contribution is -2.63. The van der Waals surface area contributed by atoms with Gasteiger partial charge < -0.3 is 21.3 Å². The molecular formula is C26H34F3N5O4. The number of carbonyl (C=O) groups is 4. The van der Waals surface area contributed by atoms with E-state index in [1.807, 2.05) is 19.2 Å². The van der Waals surface area contributed by atoms with Crippen LogP contribution in [0.5, 0.6) is 0 Å². The van der Waals surface area contributed by atoms with E-state index >= 15 is 0 Å². The normalized spacial score (nSPS) is 28.5. The third-order valence-electron chi connectivity index (χ3n) is 8.53. The fraction of sp³-hybridized carbons (Fsp3) is 0.654. The van der Waals surface area contributed by atoms with E-state index in [-0.39, 0.29) is 30.2 Å². The fourth-order valence-electron chi connectivity index (χ4n) is 6.28. The quantitative estimate of drug-likeness (QED) is 0.527. The number of aromatic nitrogens is 1. The van der Waals surface area contributed by atoms with E-state index in [0.29, 0.717) is 18.4 Å². The van der Waals surface area contributed by atoms with Gasteiger partial charge in [-0.05, 0) is 53.6 Å². The molecule has 0 spiro atoms. The van der Waals surface area contributed by atoms with Gasteiger partial charge in [0.25, 0.3) is 0 Å². The maximum Gasteiger partial charge on any atom is 0.471 e. The summed E-state index contributed by atoms with van der Waals surface area (Å²) in [5.74, 6) is -4.71. The van der Waals surface area contributed by atoms with Crippen molar-refractivity contribution in [3.8, 4) is 0 Å². The fourth-order valence-corrected chi connectivity index (χ4v) is 6.28. The maximum absolute atomic E-state index is 13.9. The van der Waals surface area contributed by atoms with Crippen molar-refractivity contribution in [2.45, 2.75) is 77.7 Å². The molecule has 9 nitrogen and oxygen atoms in total. The van der Waals surface area contributed by atoms with Crippen LogP contribution < -0.4 is 16.4 Å². The predicted molar refractivity (Wildman–Crippen MR) is 130 cm³/mol. The zero-order valence-electron chi connectivity index (χ0n) is 22.1. The van der Waals surface area contributed by atoms with Crippen LogP contribution >= 0.6 is 0 Å². The van der Waals surface area contributed by atoms with Crippen molar-refractivity contribution < 1.29 is 32.3 Å². The number of carbonyl (C=O) groups excluding carboxylic acids is 4. The van der Waals surface area contributed by atoms with Gasteiger partial charge in [-0.1, -0.05) is 34.6 Å². The molecule has 2 aliphatic carbocycles. The lowest BCUT2D eigenvalue weighted by molar-refractivity contribution is -0.176. The van der Waals surface area contributed by atoms with Crippen molar-refractivity contribution in [2.24, 2.45) is 28.4 Å². The molecule has 38 heavy (non-hydrogen) atoms. The zero-order chi connectivity index (χ0) is 28.4. The second-order valence-corrected chi connectivity index (χ2v) is 12.3. The number of hydrogen-bond acceptors (Lipinski definition) is 5. The van der Waals surface area contributed by atoms with Gasteiger partial charge in [0.15, 0.2) is 0 Å². The van der Waals surface area contributed by atoms with E-state index in [2.05, 4.69) is 10.3 Å². The van der Waals surface area contributed by atoms with Gasteiger partial charge in [-0.3, -0.25) is 24.2 Å². The van der Waals surface area contributed by atoms with Crippen LogP contribution in [0.25, 0.3) is 0 Å². The largest absolute Gasteiger partial charge is 0.471 e. The summed E-state index contributed by atoms with van der Waals surface area (Å²) in [4.78, 5) is 57.6. The highest BCUT2D eigenvalue weighted by molar-refractivity contribution is 5.98. The molecular weight excluding hydrogens is 503 g/mol. The van der Waals surface area contributed by atoms with Gasteiger partial charge >= 0.3 is 12.1 Å². The van der Waals surface area contributed by atoms with Crippen molar-refractivity contribution >= 4 is 23.6 Å². The average Bonchev–Trinajstić information content (AvgIpc) is 3.14. The third kappa shape index (κ3) is 4.51. The number of hydrogen-bond donors (Lipinski definition) is 3. The van der Waals surface area contributed by atoms with Crippen molar-refractivity contribution in [2.75, 3.05) is 6.54 Å². The maximum atomic E-state index is 13.9. The first-order valence-electron chi connectivity index (χ1n) is 12.7. The smallest absolute Gasteiger partial charge is 0.367 e. The predicted octanol–water partition coefficient (Wildman–Crippen LogP) is 1.79. The molecule has 1 unspecified atom stereocenters. The molecule has 4 N–H and O–H groups in total. The number of pyridine rings is 1. The lowest BCUT2D eigenvalue weighted by atomic mass is 9.76. The summed E-state index contributed by atoms with van der Waals surface area (Å²) in [5.41, 5.74) is 4.27. The topological polar surface area (TPSA) is 134 Å². The highest BCUT2D eigenvalue weighted by Gasteiger charge is 2.70. The van der Waals surface area contributed by atoms with Gasteiger partial charge in [-0.2, -0.15) is 13.2 Å². The van der Waals surface area contributed by atoms with E-state index in [9.17, 15) is 32.3 Å². The SMILES string of the molecule is CC(C)(C)[C@H](NC(=O)C(F)(F)F)C(=O)N1C[C@H]2[C@@H]([C@H]1C(=O)NC1(C(N)=O)CCCc3ccncc31)C2(C)C. The molecule has 1 aromatic rings. The third-order valence-corrected chi connectivity index (χ3v) is 8.53. The Morgan fingerprint density at radius 3 is 2.42 bits per heavy atom. The summed E-state index contributed by atoms with van der Waals surface area (Å²) in [6.07, 6.45) is -0.567. The van der Waals surface area contributed by atoms with Crippen molar-refractivity contribution in [3.05, 3.63) is 29.6 Å². The minimum absolute atomic E-state index is 0.0639. The number of likely N-dealkylation sites (tertiary alicyclic amines) is 1. The average molecular weight is 538 g/mol. The monoisotopic (exact) mass is 537 g/mol. The summed E-state index contributed by atoms with van der Waals surface area (Å²) in [5, 5.41) is 4.67. The number of amides is 4. The molecule has 4 amide bonds. The van der Waals surface area contributed by atoms with Crippen LogP contribution in [0.1, 0.15) is 58.6 Å². The van der Waals surface area contributed by atoms with E-state index in [1.165, 1.54) is 31.9 Å². The van der Waals surface area contributed by atoms with E-state index in [0.717, 1.165) is 5.56 Å². The van der Waals surface area contributed by atoms with Gasteiger partial charge in [0.2, 0.25) is 17.7 Å². The standard InChI is InChI=1S/C26H34F3N5O4/c1-23(2,3)18(32-22(38)26(27,28)29)20(36)34-12-15-16(24(15,4)5)17(34)19(35)33-25(21(30)37)9-6-7-13-8-10-31-11-14(13)25/h8,10-11,15-18H,6-7,9,12H2,1-5H3,(H2,30,37)(H,32,38)(H,33,35)/t15-,16-,17-,18+,25?/m0/s1. The van der Waals surface area contributed by atoms with Crippen LogP contribution in [0.15, 0.2) is 18.5 Å². The zero-order valence-corrected chi connectivity index (χ0v) is 22.1. The number of primary amides is 1. The molecule has 0 aromatic carbocycles. The van der Waals surface area contributed by atoms with Crippen LogP contribution in [0.2, 0.25) is 0 Å². The van der Waals surface area contributed by atoms with Gasteiger partial charge in [0.1, 0.15) is 17.6 Å². The van der Waals surface area contributed by atoms with E-state index in [4.69, 9.17) is 5.73 Å². The number of halogens is 3. The Bertz CT molecular complexity index is 1180. The van der Waals surface area contributed by atoms with Crippen LogP contribution in [-0.4, -0.2) is 58.3 Å². The van der Waals surface area contributed by atoms with Crippen LogP contribution in [0.3, 0.4) is 0 Å². The second-order valence-electron chi connectivity index (χ2n) is 12.3. The molecule has 0 bridgehead atoms. The second kappa shape index (κ2) is 8.94. The Morgan fingerprint density at radius 1 is 1.18 bits per heavy atom. The number of aryl methyl sites for hydroxylation is 1. The number of rotatable bonds is 5. The number of nitrogens with two attached hydrogens (primary N) is 1. The molecule has 2 heterocycles. The summed E-state index contributed by atoms with van der Waals surface area (Å²) in [6, 6.07) is -0.813. The Kier molecular flexibility index (Phi) is 6.55. The summed E-state index contributed by atoms with van der Waals surface area (Å²) in [7, 11) is 0. The Hall–Kier alpha value is -3.18. The molecule has 1 saturated carbocycles. The van der Waals surface area contributed by atoms with Crippen LogP contribution in [0.4, 0.5) is 13.2 Å². The Balaban J connectivity index is 1.67. The molecule has 4 rings (SSSR count). The first-order valence-corrected chi connectivity index (χ1v) is 12.7. The van der Waals surface area contributed by atoms with Crippen LogP contribution in [-0.2, 0) is 31.1 Å². The minimum atomic E-state index is -5.17. The molecule has 0 radical (unpaired) electrons. The van der Waals surface area contributed by atoms with Gasteiger partial charge in [-0.15, -0.1) is 0 Å². The van der Waals surface area contributed by atoms with Crippen molar-refractivity contribution in [3.63, 3.8) is 0 Å². The van der Waals surface area contributed by atoms with E-state index in [1.54, 1.807) is 12.3 Å². The lowest BCUT2D eigenvalue weighted by Gasteiger charge is -2.40. The minimum Gasteiger partial charge on any atom is -0.367 e. The number of alkyl halides is 3. The first-order chi connectivity index (χ1) is 17.4. The van der Waals surface area contributed by atoms with Crippen molar-refractivity contribution in [1.29, 1.82) is 0 Å². The van der Waals surface area contributed by atoms with E-state index < -0.39 is 52.8 Å². The first kappa shape index (κ1) is 27.8. The Labute approximate surface area is 219 Å². The summed E-state index contributed by atoms with van der Waals surface area (Å²) >= 11 is 0. The number of nitrogens with one attached hydrogen (secondary N) is 2. The number of nitrogens with zero attached hydrogens (tertiary/aromatic N) is 2. The molecule has 2 fully saturated rings. The van der Waals surface area contributed by atoms with Crippen LogP contribution in [0, 0.1) is 22.7 Å². The summed E-state index contributed by atoms with van der Waals surface area (Å²) < 4.78 is 39.2. The van der Waals surface area contributed by atoms with Crippen molar-refractivity contribution in [1.82, 2.24) is 20.5 Å². The molecule has 1 saturated heterocycles. The van der Waals surface area contributed by atoms with Gasteiger partial charge in [-0.25, -0.2) is 0 Å². The number of fused-ring (bicyclic) bond motifs is 2. The molecule has 3 aliphatic rings. The summed E-state index contributed by atoms with van der Waals surface area (Å²) in [6.45, 7) is 8.68. The molecule has 1 aliphatic heterocycles. The Morgan fingerprint density at radius 2 is 1.84 bits per heavy atom. The van der Waals surface area contributed by atoms with Gasteiger partial charge in [0.05, 0.1) is 0 Å². The highest BCUT2D eigenvalue weighted by atomic mass is 19.4. The number of piperidine rings is 1. The highest BCUT2D eigenvalue weighted by Crippen LogP contribution is 2.65. The molecule has 208 valence electrons. The molecule has 12 heteroatoms. The van der Waals surface area contributed by atoms with Gasteiger partial charge in [0, 0.05) is 24.5 Å².